The van der Waals surface area contributed by atoms with Crippen molar-refractivity contribution in [1.29, 1.82) is 0 Å². The molecule has 0 aliphatic carbocycles. The number of hydrogen-bond acceptors (Lipinski definition) is 3. The van der Waals surface area contributed by atoms with Gasteiger partial charge in [0.1, 0.15) is 0 Å². The standard InChI is InChI=1S/C12H15ClN2O2S/c1-8(11(16)15-12(17)14-2)18-7-9-5-3-4-6-10(9)13/h3-6,8H,7H2,1-2H3,(H2,14,15,16,17). The van der Waals surface area contributed by atoms with Gasteiger partial charge in [0, 0.05) is 17.8 Å². The molecule has 0 spiro atoms. The van der Waals surface area contributed by atoms with Gasteiger partial charge in [-0.15, -0.1) is 11.8 Å². The van der Waals surface area contributed by atoms with Crippen molar-refractivity contribution in [3.05, 3.63) is 34.9 Å². The fraction of sp³-hybridized carbons (Fsp3) is 0.333. The van der Waals surface area contributed by atoms with Gasteiger partial charge in [-0.2, -0.15) is 0 Å². The Kier molecular flexibility index (Phi) is 6.01. The van der Waals surface area contributed by atoms with Crippen LogP contribution in [-0.2, 0) is 10.5 Å². The molecule has 0 aliphatic rings. The number of halogens is 1. The summed E-state index contributed by atoms with van der Waals surface area (Å²) in [5.74, 6) is 0.313. The molecule has 1 rings (SSSR count). The minimum atomic E-state index is -0.495. The molecule has 1 aromatic carbocycles. The summed E-state index contributed by atoms with van der Waals surface area (Å²) >= 11 is 7.44. The number of urea groups is 1. The zero-order valence-corrected chi connectivity index (χ0v) is 11.8. The predicted molar refractivity (Wildman–Crippen MR) is 74.8 cm³/mol. The summed E-state index contributed by atoms with van der Waals surface area (Å²) in [5, 5.41) is 4.93. The first-order chi connectivity index (χ1) is 8.54. The highest BCUT2D eigenvalue weighted by Crippen LogP contribution is 2.23. The van der Waals surface area contributed by atoms with Crippen LogP contribution in [0.1, 0.15) is 12.5 Å². The van der Waals surface area contributed by atoms with Gasteiger partial charge >= 0.3 is 6.03 Å². The minimum Gasteiger partial charge on any atom is -0.341 e. The molecular weight excluding hydrogens is 272 g/mol. The van der Waals surface area contributed by atoms with Crippen molar-refractivity contribution in [3.63, 3.8) is 0 Å². The van der Waals surface area contributed by atoms with Crippen LogP contribution in [0.4, 0.5) is 4.79 Å². The largest absolute Gasteiger partial charge is 0.341 e. The van der Waals surface area contributed by atoms with E-state index >= 15 is 0 Å². The van der Waals surface area contributed by atoms with E-state index in [1.807, 2.05) is 24.3 Å². The van der Waals surface area contributed by atoms with E-state index in [2.05, 4.69) is 10.6 Å². The van der Waals surface area contributed by atoms with E-state index in [1.54, 1.807) is 6.92 Å². The third kappa shape index (κ3) is 4.58. The van der Waals surface area contributed by atoms with Gasteiger partial charge in [-0.3, -0.25) is 10.1 Å². The SMILES string of the molecule is CNC(=O)NC(=O)C(C)SCc1ccccc1Cl. The van der Waals surface area contributed by atoms with E-state index in [9.17, 15) is 9.59 Å². The summed E-state index contributed by atoms with van der Waals surface area (Å²) in [6, 6.07) is 6.99. The smallest absolute Gasteiger partial charge is 0.321 e. The lowest BCUT2D eigenvalue weighted by molar-refractivity contribution is -0.119. The second-order valence-electron chi connectivity index (χ2n) is 3.61. The van der Waals surface area contributed by atoms with Gasteiger partial charge in [0.05, 0.1) is 5.25 Å². The number of thioether (sulfide) groups is 1. The highest BCUT2D eigenvalue weighted by molar-refractivity contribution is 7.99. The van der Waals surface area contributed by atoms with Crippen LogP contribution in [0.15, 0.2) is 24.3 Å². The van der Waals surface area contributed by atoms with Gasteiger partial charge in [-0.05, 0) is 18.6 Å². The number of imide groups is 1. The fourth-order valence-corrected chi connectivity index (χ4v) is 2.36. The molecule has 0 saturated heterocycles. The molecule has 0 heterocycles. The van der Waals surface area contributed by atoms with Crippen molar-refractivity contribution in [2.75, 3.05) is 7.05 Å². The van der Waals surface area contributed by atoms with E-state index in [0.29, 0.717) is 10.8 Å². The van der Waals surface area contributed by atoms with Crippen molar-refractivity contribution in [1.82, 2.24) is 10.6 Å². The maximum absolute atomic E-state index is 11.6. The van der Waals surface area contributed by atoms with Gasteiger partial charge < -0.3 is 5.32 Å². The molecule has 1 aromatic rings. The lowest BCUT2D eigenvalue weighted by atomic mass is 10.2. The first kappa shape index (κ1) is 14.9. The van der Waals surface area contributed by atoms with Gasteiger partial charge in [0.15, 0.2) is 0 Å². The maximum atomic E-state index is 11.6. The van der Waals surface area contributed by atoms with E-state index in [1.165, 1.54) is 18.8 Å². The van der Waals surface area contributed by atoms with Crippen molar-refractivity contribution in [2.24, 2.45) is 0 Å². The van der Waals surface area contributed by atoms with Crippen LogP contribution in [0, 0.1) is 0 Å². The van der Waals surface area contributed by atoms with Crippen LogP contribution in [0.3, 0.4) is 0 Å². The Morgan fingerprint density at radius 3 is 2.67 bits per heavy atom. The zero-order chi connectivity index (χ0) is 13.5. The monoisotopic (exact) mass is 286 g/mol. The topological polar surface area (TPSA) is 58.2 Å². The molecule has 0 aliphatic heterocycles. The number of amides is 3. The summed E-state index contributed by atoms with van der Waals surface area (Å²) in [6.45, 7) is 1.75. The van der Waals surface area contributed by atoms with Gasteiger partial charge in [0.2, 0.25) is 5.91 Å². The summed E-state index contributed by atoms with van der Waals surface area (Å²) in [4.78, 5) is 22.6. The van der Waals surface area contributed by atoms with Crippen molar-refractivity contribution < 1.29 is 9.59 Å². The number of benzene rings is 1. The molecule has 1 atom stereocenters. The first-order valence-corrected chi connectivity index (χ1v) is 6.85. The van der Waals surface area contributed by atoms with Crippen molar-refractivity contribution in [3.8, 4) is 0 Å². The van der Waals surface area contributed by atoms with Gasteiger partial charge in [0.25, 0.3) is 0 Å². The number of carbonyl (C=O) groups excluding carboxylic acids is 2. The molecule has 0 aromatic heterocycles. The second-order valence-corrected chi connectivity index (χ2v) is 5.35. The summed E-state index contributed by atoms with van der Waals surface area (Å²) in [7, 11) is 1.46. The minimum absolute atomic E-state index is 0.314. The molecule has 0 radical (unpaired) electrons. The van der Waals surface area contributed by atoms with Crippen LogP contribution in [0.2, 0.25) is 5.02 Å². The van der Waals surface area contributed by atoms with Crippen LogP contribution >= 0.6 is 23.4 Å². The zero-order valence-electron chi connectivity index (χ0n) is 10.2. The summed E-state index contributed by atoms with van der Waals surface area (Å²) in [6.07, 6.45) is 0. The number of nitrogens with one attached hydrogen (secondary N) is 2. The molecule has 0 fully saturated rings. The quantitative estimate of drug-likeness (QED) is 0.894. The maximum Gasteiger partial charge on any atom is 0.321 e. The van der Waals surface area contributed by atoms with Gasteiger partial charge in [-0.25, -0.2) is 4.79 Å². The van der Waals surface area contributed by atoms with E-state index in [-0.39, 0.29) is 11.2 Å². The molecule has 98 valence electrons. The number of hydrogen-bond donors (Lipinski definition) is 2. The molecule has 3 amide bonds. The van der Waals surface area contributed by atoms with E-state index in [4.69, 9.17) is 11.6 Å². The Bertz CT molecular complexity index is 440. The molecular formula is C12H15ClN2O2S. The highest BCUT2D eigenvalue weighted by Gasteiger charge is 2.15. The first-order valence-electron chi connectivity index (χ1n) is 5.42. The average molecular weight is 287 g/mol. The van der Waals surface area contributed by atoms with Crippen LogP contribution in [0.25, 0.3) is 0 Å². The van der Waals surface area contributed by atoms with Gasteiger partial charge in [-0.1, -0.05) is 29.8 Å². The Hall–Kier alpha value is -1.20. The third-order valence-corrected chi connectivity index (χ3v) is 3.84. The number of carbonyl (C=O) groups is 2. The van der Waals surface area contributed by atoms with Crippen molar-refractivity contribution >= 4 is 35.3 Å². The molecule has 4 nitrogen and oxygen atoms in total. The normalized spacial score (nSPS) is 11.7. The molecule has 1 unspecified atom stereocenters. The van der Waals surface area contributed by atoms with E-state index < -0.39 is 6.03 Å². The Morgan fingerprint density at radius 1 is 1.39 bits per heavy atom. The van der Waals surface area contributed by atoms with Crippen LogP contribution < -0.4 is 10.6 Å². The third-order valence-electron chi connectivity index (χ3n) is 2.28. The van der Waals surface area contributed by atoms with Crippen molar-refractivity contribution in [2.45, 2.75) is 17.9 Å². The summed E-state index contributed by atoms with van der Waals surface area (Å²) < 4.78 is 0. The molecule has 18 heavy (non-hydrogen) atoms. The van der Waals surface area contributed by atoms with Crippen LogP contribution in [0.5, 0.6) is 0 Å². The summed E-state index contributed by atoms with van der Waals surface area (Å²) in [5.41, 5.74) is 0.976. The molecule has 6 heteroatoms. The lowest BCUT2D eigenvalue weighted by Gasteiger charge is -2.11. The fourth-order valence-electron chi connectivity index (χ4n) is 1.18. The molecule has 2 N–H and O–H groups in total. The molecule has 0 saturated carbocycles. The Morgan fingerprint density at radius 2 is 2.06 bits per heavy atom. The lowest BCUT2D eigenvalue weighted by Crippen LogP contribution is -2.41. The second kappa shape index (κ2) is 7.28. The predicted octanol–water partition coefficient (Wildman–Crippen LogP) is 2.42. The number of rotatable bonds is 4. The Labute approximate surface area is 115 Å². The van der Waals surface area contributed by atoms with Crippen LogP contribution in [-0.4, -0.2) is 24.2 Å². The average Bonchev–Trinajstić information content (AvgIpc) is 2.37. The Balaban J connectivity index is 2.46. The highest BCUT2D eigenvalue weighted by atomic mass is 35.5. The van der Waals surface area contributed by atoms with E-state index in [0.717, 1.165) is 5.56 Å². The molecule has 0 bridgehead atoms.